The van der Waals surface area contributed by atoms with Gasteiger partial charge in [-0.2, -0.15) is 4.31 Å². The highest BCUT2D eigenvalue weighted by Gasteiger charge is 2.35. The Labute approximate surface area is 218 Å². The van der Waals surface area contributed by atoms with Crippen LogP contribution < -0.4 is 0 Å². The number of ether oxygens (including phenoxy) is 1. The van der Waals surface area contributed by atoms with Gasteiger partial charge in [-0.15, -0.1) is 0 Å². The van der Waals surface area contributed by atoms with E-state index in [2.05, 4.69) is 0 Å². The number of rotatable bonds is 8. The van der Waals surface area contributed by atoms with Gasteiger partial charge in [0.1, 0.15) is 0 Å². The summed E-state index contributed by atoms with van der Waals surface area (Å²) in [6.07, 6.45) is 1.00. The van der Waals surface area contributed by atoms with Crippen molar-refractivity contribution in [1.82, 2.24) is 9.21 Å². The number of hydrogen-bond acceptors (Lipinski definition) is 7. The van der Waals surface area contributed by atoms with Gasteiger partial charge in [0.15, 0.2) is 16.4 Å². The Morgan fingerprint density at radius 2 is 1.76 bits per heavy atom. The Kier molecular flexibility index (Phi) is 8.05. The zero-order chi connectivity index (χ0) is 26.8. The summed E-state index contributed by atoms with van der Waals surface area (Å²) >= 11 is 0. The van der Waals surface area contributed by atoms with E-state index in [-0.39, 0.29) is 27.9 Å². The van der Waals surface area contributed by atoms with E-state index in [1.165, 1.54) is 33.5 Å². The summed E-state index contributed by atoms with van der Waals surface area (Å²) in [5.41, 5.74) is 2.24. The van der Waals surface area contributed by atoms with E-state index >= 15 is 0 Å². The highest BCUT2D eigenvalue weighted by atomic mass is 32.2. The maximum absolute atomic E-state index is 13.1. The SMILES string of the molecule is CC(C)CN(C(=O)COC(=O)c1ccc(S(=O)(=O)N2CCc3ccccc3C2)cc1)[C@@H]1CCS(=O)(=O)C1. The molecule has 4 rings (SSSR count). The molecule has 1 fully saturated rings. The lowest BCUT2D eigenvalue weighted by atomic mass is 10.0. The second kappa shape index (κ2) is 10.9. The fourth-order valence-electron chi connectivity index (χ4n) is 4.75. The molecule has 2 heterocycles. The Morgan fingerprint density at radius 1 is 1.08 bits per heavy atom. The summed E-state index contributed by atoms with van der Waals surface area (Å²) in [5.74, 6) is -1.14. The fourth-order valence-corrected chi connectivity index (χ4v) is 7.90. The Balaban J connectivity index is 1.38. The van der Waals surface area contributed by atoms with Gasteiger partial charge in [0.05, 0.1) is 22.0 Å². The molecule has 2 aliphatic rings. The average Bonchev–Trinajstić information content (AvgIpc) is 3.24. The molecular weight excluding hydrogens is 516 g/mol. The molecule has 0 spiro atoms. The van der Waals surface area contributed by atoms with Crippen LogP contribution in [0.25, 0.3) is 0 Å². The number of hydrogen-bond donors (Lipinski definition) is 0. The quantitative estimate of drug-likeness (QED) is 0.465. The van der Waals surface area contributed by atoms with Crippen molar-refractivity contribution in [1.29, 1.82) is 0 Å². The molecule has 0 aromatic heterocycles. The van der Waals surface area contributed by atoms with Gasteiger partial charge in [0.25, 0.3) is 5.91 Å². The number of sulfonamides is 1. The van der Waals surface area contributed by atoms with Crippen molar-refractivity contribution >= 4 is 31.7 Å². The van der Waals surface area contributed by atoms with Crippen LogP contribution in [0.1, 0.15) is 41.8 Å². The van der Waals surface area contributed by atoms with Crippen molar-refractivity contribution in [2.24, 2.45) is 5.92 Å². The predicted octanol–water partition coefficient (Wildman–Crippen LogP) is 2.26. The number of fused-ring (bicyclic) bond motifs is 1. The standard InChI is InChI=1S/C26H32N2O7S2/c1-19(2)15-28(23-12-14-36(31,32)18-23)25(29)17-35-26(30)21-7-9-24(10-8-21)37(33,34)27-13-11-20-5-3-4-6-22(20)16-27/h3-10,19,23H,11-18H2,1-2H3/t23-/m1/s1. The van der Waals surface area contributed by atoms with Gasteiger partial charge in [-0.1, -0.05) is 38.1 Å². The van der Waals surface area contributed by atoms with E-state index in [0.29, 0.717) is 32.5 Å². The van der Waals surface area contributed by atoms with Gasteiger partial charge < -0.3 is 9.64 Å². The van der Waals surface area contributed by atoms with Crippen molar-refractivity contribution in [3.05, 3.63) is 65.2 Å². The molecule has 0 N–H and O–H groups in total. The number of carbonyl (C=O) groups excluding carboxylic acids is 2. The van der Waals surface area contributed by atoms with E-state index < -0.39 is 44.4 Å². The van der Waals surface area contributed by atoms with Crippen LogP contribution in [0.3, 0.4) is 0 Å². The third-order valence-corrected chi connectivity index (χ3v) is 10.3. The maximum Gasteiger partial charge on any atom is 0.338 e. The minimum atomic E-state index is -3.74. The molecule has 1 atom stereocenters. The summed E-state index contributed by atoms with van der Waals surface area (Å²) in [4.78, 5) is 27.0. The lowest BCUT2D eigenvalue weighted by Gasteiger charge is -2.29. The predicted molar refractivity (Wildman–Crippen MR) is 138 cm³/mol. The topological polar surface area (TPSA) is 118 Å². The van der Waals surface area contributed by atoms with Gasteiger partial charge in [-0.3, -0.25) is 4.79 Å². The van der Waals surface area contributed by atoms with Crippen molar-refractivity contribution in [3.8, 4) is 0 Å². The van der Waals surface area contributed by atoms with Gasteiger partial charge in [-0.05, 0) is 54.2 Å². The zero-order valence-electron chi connectivity index (χ0n) is 21.0. The number of nitrogens with zero attached hydrogens (tertiary/aromatic N) is 2. The van der Waals surface area contributed by atoms with Crippen molar-refractivity contribution in [2.75, 3.05) is 31.2 Å². The van der Waals surface area contributed by atoms with Crippen LogP contribution in [-0.2, 0) is 42.4 Å². The van der Waals surface area contributed by atoms with Crippen LogP contribution in [-0.4, -0.2) is 75.2 Å². The second-order valence-corrected chi connectivity index (χ2v) is 14.1. The molecule has 1 amide bonds. The van der Waals surface area contributed by atoms with Crippen LogP contribution in [0.5, 0.6) is 0 Å². The lowest BCUT2D eigenvalue weighted by molar-refractivity contribution is -0.137. The summed E-state index contributed by atoms with van der Waals surface area (Å²) < 4.78 is 56.7. The molecule has 0 saturated carbocycles. The molecule has 1 saturated heterocycles. The van der Waals surface area contributed by atoms with Gasteiger partial charge in [-0.25, -0.2) is 21.6 Å². The number of carbonyl (C=O) groups is 2. The molecule has 0 unspecified atom stereocenters. The van der Waals surface area contributed by atoms with E-state index in [0.717, 1.165) is 11.1 Å². The largest absolute Gasteiger partial charge is 0.452 e. The van der Waals surface area contributed by atoms with Gasteiger partial charge in [0, 0.05) is 25.7 Å². The molecule has 37 heavy (non-hydrogen) atoms. The second-order valence-electron chi connectivity index (χ2n) is 9.95. The highest BCUT2D eigenvalue weighted by Crippen LogP contribution is 2.25. The van der Waals surface area contributed by atoms with Crippen LogP contribution in [0, 0.1) is 5.92 Å². The van der Waals surface area contributed by atoms with Crippen LogP contribution >= 0.6 is 0 Å². The van der Waals surface area contributed by atoms with Gasteiger partial charge in [0.2, 0.25) is 10.0 Å². The van der Waals surface area contributed by atoms with Crippen LogP contribution in [0.15, 0.2) is 53.4 Å². The third kappa shape index (κ3) is 6.39. The number of amides is 1. The Morgan fingerprint density at radius 3 is 2.38 bits per heavy atom. The van der Waals surface area contributed by atoms with E-state index in [9.17, 15) is 26.4 Å². The number of sulfone groups is 1. The van der Waals surface area contributed by atoms with E-state index in [1.807, 2.05) is 38.1 Å². The van der Waals surface area contributed by atoms with Crippen molar-refractivity contribution in [3.63, 3.8) is 0 Å². The molecule has 2 aliphatic heterocycles. The third-order valence-electron chi connectivity index (χ3n) is 6.68. The molecule has 11 heteroatoms. The molecular formula is C26H32N2O7S2. The monoisotopic (exact) mass is 548 g/mol. The minimum Gasteiger partial charge on any atom is -0.452 e. The molecule has 2 aromatic rings. The molecule has 0 bridgehead atoms. The number of benzene rings is 2. The van der Waals surface area contributed by atoms with Crippen molar-refractivity contribution < 1.29 is 31.2 Å². The first-order chi connectivity index (χ1) is 17.5. The summed E-state index contributed by atoms with van der Waals surface area (Å²) in [6.45, 7) is 4.36. The normalized spacial score (nSPS) is 19.4. The molecule has 200 valence electrons. The Bertz CT molecular complexity index is 1370. The first-order valence-electron chi connectivity index (χ1n) is 12.3. The smallest absolute Gasteiger partial charge is 0.338 e. The zero-order valence-corrected chi connectivity index (χ0v) is 22.6. The lowest BCUT2D eigenvalue weighted by Crippen LogP contribution is -2.45. The van der Waals surface area contributed by atoms with Gasteiger partial charge >= 0.3 is 5.97 Å². The molecule has 0 aliphatic carbocycles. The molecule has 9 nitrogen and oxygen atoms in total. The minimum absolute atomic E-state index is 0.0402. The van der Waals surface area contributed by atoms with Crippen LogP contribution in [0.2, 0.25) is 0 Å². The first-order valence-corrected chi connectivity index (χ1v) is 15.6. The molecule has 0 radical (unpaired) electrons. The Hall–Kier alpha value is -2.76. The maximum atomic E-state index is 13.1. The summed E-state index contributed by atoms with van der Waals surface area (Å²) in [7, 11) is -6.92. The van der Waals surface area contributed by atoms with Crippen LogP contribution in [0.4, 0.5) is 0 Å². The average molecular weight is 549 g/mol. The summed E-state index contributed by atoms with van der Waals surface area (Å²) in [6, 6.07) is 12.8. The highest BCUT2D eigenvalue weighted by molar-refractivity contribution is 7.91. The summed E-state index contributed by atoms with van der Waals surface area (Å²) in [5, 5.41) is 0. The molecule has 2 aromatic carbocycles. The number of esters is 1. The first kappa shape index (κ1) is 27.3. The van der Waals surface area contributed by atoms with E-state index in [1.54, 1.807) is 0 Å². The fraction of sp³-hybridized carbons (Fsp3) is 0.462. The van der Waals surface area contributed by atoms with Crippen molar-refractivity contribution in [2.45, 2.75) is 44.2 Å². The van der Waals surface area contributed by atoms with E-state index in [4.69, 9.17) is 4.74 Å².